The van der Waals surface area contributed by atoms with E-state index in [-0.39, 0.29) is 29.1 Å². The minimum absolute atomic E-state index is 0.0584. The summed E-state index contributed by atoms with van der Waals surface area (Å²) in [6, 6.07) is 3.45. The zero-order valence-electron chi connectivity index (χ0n) is 14.3. The molecule has 2 saturated carbocycles. The van der Waals surface area contributed by atoms with Crippen molar-refractivity contribution in [3.63, 3.8) is 0 Å². The molecule has 1 aliphatic heterocycles. The maximum absolute atomic E-state index is 13.9. The van der Waals surface area contributed by atoms with Gasteiger partial charge in [-0.05, 0) is 49.0 Å². The summed E-state index contributed by atoms with van der Waals surface area (Å²) in [6.45, 7) is 3.35. The topological polar surface area (TPSA) is 35.5 Å². The van der Waals surface area contributed by atoms with Crippen molar-refractivity contribution in [2.45, 2.75) is 38.4 Å². The molecule has 0 radical (unpaired) electrons. The number of Topliss-reactive ketones (excluding diaryl/α,β-unsaturated/α-hetero) is 1. The molecule has 3 fully saturated rings. The van der Waals surface area contributed by atoms with Crippen molar-refractivity contribution >= 4 is 11.9 Å². The predicted octanol–water partition coefficient (Wildman–Crippen LogP) is 4.12. The molecule has 0 aromatic heterocycles. The van der Waals surface area contributed by atoms with Crippen LogP contribution in [0.15, 0.2) is 23.8 Å². The van der Waals surface area contributed by atoms with E-state index < -0.39 is 17.4 Å². The smallest absolute Gasteiger partial charge is 0.171 e. The summed E-state index contributed by atoms with van der Waals surface area (Å²) in [5.74, 6) is -1.33. The SMILES string of the molecule is CC1C2CC/C(=C\c3ccc(F)cc3F)C(=O)C2CCC12OCCO2. The molecule has 3 aliphatic rings. The highest BCUT2D eigenvalue weighted by molar-refractivity contribution is 6.02. The first-order chi connectivity index (χ1) is 12.0. The van der Waals surface area contributed by atoms with E-state index in [2.05, 4.69) is 6.92 Å². The van der Waals surface area contributed by atoms with Gasteiger partial charge in [-0.2, -0.15) is 0 Å². The molecule has 1 aromatic carbocycles. The molecule has 3 nitrogen and oxygen atoms in total. The summed E-state index contributed by atoms with van der Waals surface area (Å²) in [4.78, 5) is 12.9. The molecule has 0 bridgehead atoms. The Labute approximate surface area is 146 Å². The van der Waals surface area contributed by atoms with E-state index in [1.54, 1.807) is 6.08 Å². The minimum atomic E-state index is -0.633. The number of ketones is 1. The molecule has 3 unspecified atom stereocenters. The molecule has 134 valence electrons. The Kier molecular flexibility index (Phi) is 4.24. The van der Waals surface area contributed by atoms with E-state index in [9.17, 15) is 13.6 Å². The average molecular weight is 348 g/mol. The number of fused-ring (bicyclic) bond motifs is 1. The number of halogens is 2. The van der Waals surface area contributed by atoms with Crippen molar-refractivity contribution < 1.29 is 23.0 Å². The Morgan fingerprint density at radius 2 is 1.96 bits per heavy atom. The Morgan fingerprint density at radius 3 is 2.68 bits per heavy atom. The summed E-state index contributed by atoms with van der Waals surface area (Å²) < 4.78 is 38.7. The van der Waals surface area contributed by atoms with Crippen LogP contribution in [0.5, 0.6) is 0 Å². The summed E-state index contributed by atoms with van der Waals surface area (Å²) in [7, 11) is 0. The van der Waals surface area contributed by atoms with Gasteiger partial charge in [-0.15, -0.1) is 0 Å². The molecule has 1 heterocycles. The molecule has 1 aromatic rings. The van der Waals surface area contributed by atoms with Crippen molar-refractivity contribution in [3.05, 3.63) is 41.0 Å². The number of hydrogen-bond acceptors (Lipinski definition) is 3. The molecular formula is C20H22F2O3. The third kappa shape index (κ3) is 2.83. The number of rotatable bonds is 1. The van der Waals surface area contributed by atoms with Crippen LogP contribution < -0.4 is 0 Å². The number of ether oxygens (including phenoxy) is 2. The van der Waals surface area contributed by atoms with E-state index in [4.69, 9.17) is 9.47 Å². The lowest BCUT2D eigenvalue weighted by Crippen LogP contribution is -2.51. The van der Waals surface area contributed by atoms with E-state index in [1.807, 2.05) is 0 Å². The third-order valence-electron chi connectivity index (χ3n) is 6.13. The molecule has 1 spiro atoms. The van der Waals surface area contributed by atoms with Gasteiger partial charge in [-0.1, -0.05) is 6.92 Å². The zero-order valence-corrected chi connectivity index (χ0v) is 14.3. The maximum Gasteiger partial charge on any atom is 0.171 e. The largest absolute Gasteiger partial charge is 0.347 e. The lowest BCUT2D eigenvalue weighted by molar-refractivity contribution is -0.230. The van der Waals surface area contributed by atoms with Crippen LogP contribution in [0.25, 0.3) is 6.08 Å². The van der Waals surface area contributed by atoms with Crippen molar-refractivity contribution in [1.29, 1.82) is 0 Å². The standard InChI is InChI=1S/C20H22F2O3/c1-12-16-5-3-14(10-13-2-4-15(21)11-18(13)22)19(23)17(16)6-7-20(12)24-8-9-25-20/h2,4,10-12,16-17H,3,5-9H2,1H3/b14-10+. The van der Waals surface area contributed by atoms with Gasteiger partial charge < -0.3 is 9.47 Å². The highest BCUT2D eigenvalue weighted by Gasteiger charge is 2.53. The quantitative estimate of drug-likeness (QED) is 0.716. The van der Waals surface area contributed by atoms with Gasteiger partial charge in [0.1, 0.15) is 11.6 Å². The van der Waals surface area contributed by atoms with Gasteiger partial charge in [-0.25, -0.2) is 8.78 Å². The normalized spacial score (nSPS) is 33.0. The third-order valence-corrected chi connectivity index (χ3v) is 6.13. The van der Waals surface area contributed by atoms with E-state index in [0.717, 1.165) is 25.3 Å². The van der Waals surface area contributed by atoms with Crippen LogP contribution in [0.2, 0.25) is 0 Å². The second-order valence-electron chi connectivity index (χ2n) is 7.34. The van der Waals surface area contributed by atoms with Crippen LogP contribution in [0.4, 0.5) is 8.78 Å². The number of benzene rings is 1. The van der Waals surface area contributed by atoms with Gasteiger partial charge in [0.15, 0.2) is 11.6 Å². The van der Waals surface area contributed by atoms with Gasteiger partial charge >= 0.3 is 0 Å². The average Bonchev–Trinajstić information content (AvgIpc) is 3.06. The van der Waals surface area contributed by atoms with Gasteiger partial charge in [-0.3, -0.25) is 4.79 Å². The summed E-state index contributed by atoms with van der Waals surface area (Å²) in [5.41, 5.74) is 0.911. The molecule has 25 heavy (non-hydrogen) atoms. The minimum Gasteiger partial charge on any atom is -0.347 e. The predicted molar refractivity (Wildman–Crippen MR) is 88.6 cm³/mol. The van der Waals surface area contributed by atoms with E-state index in [1.165, 1.54) is 12.1 Å². The Bertz CT molecular complexity index is 722. The fourth-order valence-electron chi connectivity index (χ4n) is 4.76. The van der Waals surface area contributed by atoms with Crippen molar-refractivity contribution in [2.75, 3.05) is 13.2 Å². The maximum atomic E-state index is 13.9. The first-order valence-electron chi connectivity index (χ1n) is 8.98. The van der Waals surface area contributed by atoms with Crippen LogP contribution in [-0.4, -0.2) is 24.8 Å². The Balaban J connectivity index is 1.57. The Morgan fingerprint density at radius 1 is 1.20 bits per heavy atom. The number of allylic oxidation sites excluding steroid dienone is 1. The van der Waals surface area contributed by atoms with Gasteiger partial charge in [0.05, 0.1) is 13.2 Å². The molecule has 4 rings (SSSR count). The van der Waals surface area contributed by atoms with Crippen molar-refractivity contribution in [3.8, 4) is 0 Å². The molecule has 2 aliphatic carbocycles. The molecule has 1 saturated heterocycles. The van der Waals surface area contributed by atoms with Crippen LogP contribution in [0.3, 0.4) is 0 Å². The van der Waals surface area contributed by atoms with E-state index in [0.29, 0.717) is 25.2 Å². The lowest BCUT2D eigenvalue weighted by atomic mass is 9.62. The fourth-order valence-corrected chi connectivity index (χ4v) is 4.76. The van der Waals surface area contributed by atoms with Crippen molar-refractivity contribution in [1.82, 2.24) is 0 Å². The number of hydrogen-bond donors (Lipinski definition) is 0. The summed E-state index contributed by atoms with van der Waals surface area (Å²) >= 11 is 0. The second-order valence-corrected chi connectivity index (χ2v) is 7.34. The lowest BCUT2D eigenvalue weighted by Gasteiger charge is -2.48. The molecule has 5 heteroatoms. The van der Waals surface area contributed by atoms with Gasteiger partial charge in [0.2, 0.25) is 0 Å². The number of carbonyl (C=O) groups is 1. The highest BCUT2D eigenvalue weighted by Crippen LogP contribution is 2.51. The van der Waals surface area contributed by atoms with Crippen LogP contribution >= 0.6 is 0 Å². The van der Waals surface area contributed by atoms with Gasteiger partial charge in [0.25, 0.3) is 0 Å². The molecule has 3 atom stereocenters. The monoisotopic (exact) mass is 348 g/mol. The van der Waals surface area contributed by atoms with Crippen LogP contribution in [0, 0.1) is 29.4 Å². The van der Waals surface area contributed by atoms with Crippen LogP contribution in [0.1, 0.15) is 38.2 Å². The highest BCUT2D eigenvalue weighted by atomic mass is 19.1. The Hall–Kier alpha value is -1.59. The zero-order chi connectivity index (χ0) is 17.6. The van der Waals surface area contributed by atoms with E-state index >= 15 is 0 Å². The summed E-state index contributed by atoms with van der Waals surface area (Å²) in [5, 5.41) is 0. The summed E-state index contributed by atoms with van der Waals surface area (Å²) in [6.07, 6.45) is 4.51. The second kappa shape index (κ2) is 6.29. The van der Waals surface area contributed by atoms with Crippen molar-refractivity contribution in [2.24, 2.45) is 17.8 Å². The molecular weight excluding hydrogens is 326 g/mol. The molecule has 0 amide bonds. The fraction of sp³-hybridized carbons (Fsp3) is 0.550. The first kappa shape index (κ1) is 16.9. The number of carbonyl (C=O) groups excluding carboxylic acids is 1. The van der Waals surface area contributed by atoms with Gasteiger partial charge in [0, 0.05) is 29.9 Å². The first-order valence-corrected chi connectivity index (χ1v) is 8.98. The van der Waals surface area contributed by atoms with Crippen LogP contribution in [-0.2, 0) is 14.3 Å². The molecule has 0 N–H and O–H groups in total.